The first-order chi connectivity index (χ1) is 7.60. The maximum Gasteiger partial charge on any atom is 0.125 e. The van der Waals surface area contributed by atoms with Crippen molar-refractivity contribution in [3.8, 4) is 5.75 Å². The Labute approximate surface area is 97.7 Å². The van der Waals surface area contributed by atoms with E-state index in [0.29, 0.717) is 12.5 Å². The second-order valence-electron chi connectivity index (χ2n) is 4.22. The largest absolute Gasteiger partial charge is 0.496 e. The van der Waals surface area contributed by atoms with Crippen molar-refractivity contribution in [3.05, 3.63) is 28.8 Å². The molecule has 0 fully saturated rings. The summed E-state index contributed by atoms with van der Waals surface area (Å²) in [4.78, 5) is 4.86. The lowest BCUT2D eigenvalue weighted by atomic mass is 9.96. The Bertz CT molecular complexity index is 348. The molecule has 16 heavy (non-hydrogen) atoms. The van der Waals surface area contributed by atoms with Crippen molar-refractivity contribution in [1.82, 2.24) is 5.48 Å². The minimum absolute atomic E-state index is 0.455. The van der Waals surface area contributed by atoms with Crippen molar-refractivity contribution < 1.29 is 9.57 Å². The van der Waals surface area contributed by atoms with Crippen molar-refractivity contribution >= 4 is 0 Å². The van der Waals surface area contributed by atoms with Gasteiger partial charge >= 0.3 is 0 Å². The number of hydroxylamine groups is 1. The number of hydrogen-bond acceptors (Lipinski definition) is 3. The molecule has 0 aliphatic rings. The number of methoxy groups -OCH3 is 1. The van der Waals surface area contributed by atoms with E-state index in [1.807, 2.05) is 0 Å². The predicted octanol–water partition coefficient (Wildman–Crippen LogP) is 2.78. The van der Waals surface area contributed by atoms with E-state index in [9.17, 15) is 0 Å². The summed E-state index contributed by atoms with van der Waals surface area (Å²) in [6, 6.07) is 4.29. The van der Waals surface area contributed by atoms with Crippen molar-refractivity contribution in [1.29, 1.82) is 0 Å². The summed E-state index contributed by atoms with van der Waals surface area (Å²) in [6.45, 7) is 7.12. The van der Waals surface area contributed by atoms with Crippen LogP contribution in [0.1, 0.15) is 36.5 Å². The van der Waals surface area contributed by atoms with E-state index >= 15 is 0 Å². The smallest absolute Gasteiger partial charge is 0.125 e. The quantitative estimate of drug-likeness (QED) is 0.779. The molecule has 0 saturated heterocycles. The molecular formula is C13H21NO2. The van der Waals surface area contributed by atoms with Crippen LogP contribution in [0.3, 0.4) is 0 Å². The van der Waals surface area contributed by atoms with Crippen LogP contribution in [-0.4, -0.2) is 14.2 Å². The van der Waals surface area contributed by atoms with E-state index < -0.39 is 0 Å². The lowest BCUT2D eigenvalue weighted by molar-refractivity contribution is 0.0867. The minimum atomic E-state index is 0.455. The second-order valence-corrected chi connectivity index (χ2v) is 4.22. The van der Waals surface area contributed by atoms with Crippen LogP contribution in [0.25, 0.3) is 0 Å². The molecule has 0 amide bonds. The molecule has 0 aliphatic carbocycles. The molecule has 90 valence electrons. The first kappa shape index (κ1) is 13.0. The molecule has 3 nitrogen and oxygen atoms in total. The fourth-order valence-electron chi connectivity index (χ4n) is 1.84. The topological polar surface area (TPSA) is 30.5 Å². The van der Waals surface area contributed by atoms with Crippen molar-refractivity contribution in [2.24, 2.45) is 0 Å². The predicted molar refractivity (Wildman–Crippen MR) is 65.7 cm³/mol. The minimum Gasteiger partial charge on any atom is -0.496 e. The van der Waals surface area contributed by atoms with E-state index in [-0.39, 0.29) is 0 Å². The third kappa shape index (κ3) is 2.97. The maximum atomic E-state index is 5.45. The monoisotopic (exact) mass is 223 g/mol. The molecule has 0 bridgehead atoms. The Morgan fingerprint density at radius 1 is 1.25 bits per heavy atom. The highest BCUT2D eigenvalue weighted by molar-refractivity contribution is 5.45. The fraction of sp³-hybridized carbons (Fsp3) is 0.538. The average molecular weight is 223 g/mol. The summed E-state index contributed by atoms with van der Waals surface area (Å²) in [5.74, 6) is 1.45. The average Bonchev–Trinajstić information content (AvgIpc) is 2.25. The van der Waals surface area contributed by atoms with Crippen LogP contribution in [0.2, 0.25) is 0 Å². The number of ether oxygens (including phenoxy) is 1. The molecule has 0 unspecified atom stereocenters. The molecule has 1 rings (SSSR count). The van der Waals surface area contributed by atoms with Gasteiger partial charge in [-0.05, 0) is 29.5 Å². The Balaban J connectivity index is 3.07. The summed E-state index contributed by atoms with van der Waals surface area (Å²) in [6.07, 6.45) is 0. The van der Waals surface area contributed by atoms with Gasteiger partial charge in [-0.3, -0.25) is 0 Å². The molecule has 0 aliphatic heterocycles. The van der Waals surface area contributed by atoms with Gasteiger partial charge in [0.15, 0.2) is 0 Å². The van der Waals surface area contributed by atoms with Crippen LogP contribution in [-0.2, 0) is 11.4 Å². The van der Waals surface area contributed by atoms with Gasteiger partial charge in [0.1, 0.15) is 5.75 Å². The van der Waals surface area contributed by atoms with E-state index in [1.54, 1.807) is 14.2 Å². The summed E-state index contributed by atoms with van der Waals surface area (Å²) in [7, 11) is 3.35. The zero-order valence-corrected chi connectivity index (χ0v) is 10.8. The number of nitrogens with one attached hydrogen (secondary N) is 1. The van der Waals surface area contributed by atoms with E-state index in [0.717, 1.165) is 5.75 Å². The van der Waals surface area contributed by atoms with Gasteiger partial charge in [-0.1, -0.05) is 26.0 Å². The van der Waals surface area contributed by atoms with E-state index in [1.165, 1.54) is 16.7 Å². The van der Waals surface area contributed by atoms with Crippen LogP contribution >= 0.6 is 0 Å². The van der Waals surface area contributed by atoms with Gasteiger partial charge in [-0.2, -0.15) is 5.48 Å². The van der Waals surface area contributed by atoms with E-state index in [4.69, 9.17) is 9.57 Å². The molecule has 3 heteroatoms. The standard InChI is InChI=1S/C13H21NO2/c1-9(2)12-7-11(8-14-16-5)6-10(3)13(12)15-4/h6-7,9,14H,8H2,1-5H3. The van der Waals surface area contributed by atoms with Crippen LogP contribution in [0, 0.1) is 6.92 Å². The number of benzene rings is 1. The number of aryl methyl sites for hydroxylation is 1. The molecular weight excluding hydrogens is 202 g/mol. The molecule has 0 spiro atoms. The van der Waals surface area contributed by atoms with Gasteiger partial charge in [0.05, 0.1) is 14.2 Å². The lowest BCUT2D eigenvalue weighted by Crippen LogP contribution is -2.11. The van der Waals surface area contributed by atoms with Crippen molar-refractivity contribution in [2.45, 2.75) is 33.2 Å². The highest BCUT2D eigenvalue weighted by atomic mass is 16.6. The van der Waals surface area contributed by atoms with Crippen molar-refractivity contribution in [2.75, 3.05) is 14.2 Å². The molecule has 0 saturated carbocycles. The molecule has 1 aromatic carbocycles. The normalized spacial score (nSPS) is 10.9. The zero-order valence-electron chi connectivity index (χ0n) is 10.8. The molecule has 0 heterocycles. The van der Waals surface area contributed by atoms with Crippen LogP contribution in [0.5, 0.6) is 5.75 Å². The fourth-order valence-corrected chi connectivity index (χ4v) is 1.84. The molecule has 1 aromatic rings. The molecule has 1 N–H and O–H groups in total. The molecule has 0 aromatic heterocycles. The van der Waals surface area contributed by atoms with Gasteiger partial charge in [0.25, 0.3) is 0 Å². The summed E-state index contributed by atoms with van der Waals surface area (Å²) < 4.78 is 5.45. The lowest BCUT2D eigenvalue weighted by Gasteiger charge is -2.16. The third-order valence-electron chi connectivity index (χ3n) is 2.61. The zero-order chi connectivity index (χ0) is 12.1. The Morgan fingerprint density at radius 2 is 1.94 bits per heavy atom. The summed E-state index contributed by atoms with van der Waals surface area (Å²) in [5.41, 5.74) is 6.48. The molecule has 0 radical (unpaired) electrons. The van der Waals surface area contributed by atoms with Gasteiger partial charge in [-0.25, -0.2) is 0 Å². The maximum absolute atomic E-state index is 5.45. The van der Waals surface area contributed by atoms with Gasteiger partial charge in [-0.15, -0.1) is 0 Å². The second kappa shape index (κ2) is 5.87. The summed E-state index contributed by atoms with van der Waals surface area (Å²) >= 11 is 0. The first-order valence-electron chi connectivity index (χ1n) is 5.53. The number of hydrogen-bond donors (Lipinski definition) is 1. The Hall–Kier alpha value is -1.06. The first-order valence-corrected chi connectivity index (χ1v) is 5.53. The SMILES string of the molecule is CONCc1cc(C)c(OC)c(C(C)C)c1. The Morgan fingerprint density at radius 3 is 2.44 bits per heavy atom. The third-order valence-corrected chi connectivity index (χ3v) is 2.61. The summed E-state index contributed by atoms with van der Waals surface area (Å²) in [5, 5.41) is 0. The van der Waals surface area contributed by atoms with Crippen LogP contribution in [0.4, 0.5) is 0 Å². The van der Waals surface area contributed by atoms with Crippen LogP contribution in [0.15, 0.2) is 12.1 Å². The van der Waals surface area contributed by atoms with Gasteiger partial charge < -0.3 is 9.57 Å². The number of rotatable bonds is 5. The van der Waals surface area contributed by atoms with Gasteiger partial charge in [0, 0.05) is 6.54 Å². The highest BCUT2D eigenvalue weighted by Crippen LogP contribution is 2.30. The van der Waals surface area contributed by atoms with Gasteiger partial charge in [0.2, 0.25) is 0 Å². The molecule has 0 atom stereocenters. The highest BCUT2D eigenvalue weighted by Gasteiger charge is 2.11. The van der Waals surface area contributed by atoms with Crippen molar-refractivity contribution in [3.63, 3.8) is 0 Å². The Kier molecular flexibility index (Phi) is 4.77. The van der Waals surface area contributed by atoms with Crippen LogP contribution < -0.4 is 10.2 Å². The van der Waals surface area contributed by atoms with E-state index in [2.05, 4.69) is 38.4 Å².